The Labute approximate surface area is 104 Å². The Bertz CT molecular complexity index is 491. The van der Waals surface area contributed by atoms with E-state index >= 15 is 0 Å². The van der Waals surface area contributed by atoms with Crippen molar-refractivity contribution in [2.24, 2.45) is 0 Å². The highest BCUT2D eigenvalue weighted by molar-refractivity contribution is 5.78. The number of amides is 1. The maximum absolute atomic E-state index is 11.7. The highest BCUT2D eigenvalue weighted by atomic mass is 16.5. The minimum Gasteiger partial charge on any atom is -0.477 e. The van der Waals surface area contributed by atoms with E-state index in [-0.39, 0.29) is 30.6 Å². The van der Waals surface area contributed by atoms with Gasteiger partial charge in [0, 0.05) is 19.2 Å². The van der Waals surface area contributed by atoms with E-state index in [2.05, 4.69) is 0 Å². The van der Waals surface area contributed by atoms with E-state index in [1.807, 2.05) is 0 Å². The van der Waals surface area contributed by atoms with Crippen LogP contribution in [0.5, 0.6) is 5.75 Å². The number of ether oxygens (including phenoxy) is 1. The minimum absolute atomic E-state index is 0.0234. The van der Waals surface area contributed by atoms with Crippen molar-refractivity contribution in [2.75, 3.05) is 13.7 Å². The normalized spacial score (nSPS) is 14.3. The summed E-state index contributed by atoms with van der Waals surface area (Å²) in [5.41, 5.74) is -0.410. The molecule has 0 spiro atoms. The van der Waals surface area contributed by atoms with Crippen molar-refractivity contribution in [2.45, 2.75) is 25.5 Å². The predicted octanol–water partition coefficient (Wildman–Crippen LogP) is 0.132. The van der Waals surface area contributed by atoms with E-state index in [9.17, 15) is 9.59 Å². The summed E-state index contributed by atoms with van der Waals surface area (Å²) in [5.74, 6) is -0.0262. The number of aliphatic hydroxyl groups excluding tert-OH is 1. The number of carbonyl (C=O) groups is 1. The number of hydrogen-bond acceptors (Lipinski definition) is 5. The second-order valence-electron chi connectivity index (χ2n) is 4.26. The number of carbonyl (C=O) groups excluding carboxylic acids is 1. The first-order valence-electron chi connectivity index (χ1n) is 5.73. The highest BCUT2D eigenvalue weighted by Crippen LogP contribution is 2.25. The Morgan fingerprint density at radius 1 is 1.61 bits per heavy atom. The van der Waals surface area contributed by atoms with Crippen LogP contribution in [0.25, 0.3) is 0 Å². The van der Waals surface area contributed by atoms with Crippen LogP contribution in [0.1, 0.15) is 18.6 Å². The molecule has 2 rings (SSSR count). The van der Waals surface area contributed by atoms with Crippen LogP contribution in [0, 0.1) is 0 Å². The fraction of sp³-hybridized carbons (Fsp3) is 0.500. The summed E-state index contributed by atoms with van der Waals surface area (Å²) in [5, 5.41) is 8.78. The average Bonchev–Trinajstić information content (AvgIpc) is 3.20. The summed E-state index contributed by atoms with van der Waals surface area (Å²) >= 11 is 0. The molecular formula is C12H15NO5. The van der Waals surface area contributed by atoms with Crippen LogP contribution >= 0.6 is 0 Å². The monoisotopic (exact) mass is 253 g/mol. The van der Waals surface area contributed by atoms with Gasteiger partial charge in [0.2, 0.25) is 11.2 Å². The highest BCUT2D eigenvalue weighted by Gasteiger charge is 2.29. The zero-order valence-electron chi connectivity index (χ0n) is 10.1. The number of nitrogens with zero attached hydrogens (tertiary/aromatic N) is 1. The van der Waals surface area contributed by atoms with Gasteiger partial charge in [0.1, 0.15) is 18.6 Å². The molecule has 0 bridgehead atoms. The average molecular weight is 253 g/mol. The molecule has 1 N–H and O–H groups in total. The molecule has 1 amide bonds. The fourth-order valence-electron chi connectivity index (χ4n) is 1.53. The van der Waals surface area contributed by atoms with Crippen molar-refractivity contribution in [3.63, 3.8) is 0 Å². The van der Waals surface area contributed by atoms with E-state index in [0.717, 1.165) is 25.2 Å². The van der Waals surface area contributed by atoms with E-state index in [1.54, 1.807) is 11.9 Å². The van der Waals surface area contributed by atoms with E-state index in [4.69, 9.17) is 14.3 Å². The first kappa shape index (κ1) is 12.6. The lowest BCUT2D eigenvalue weighted by Crippen LogP contribution is -2.33. The molecule has 18 heavy (non-hydrogen) atoms. The quantitative estimate of drug-likeness (QED) is 0.807. The Kier molecular flexibility index (Phi) is 3.66. The lowest BCUT2D eigenvalue weighted by Gasteiger charge is -2.16. The van der Waals surface area contributed by atoms with Crippen LogP contribution in [-0.2, 0) is 11.4 Å². The van der Waals surface area contributed by atoms with Crippen LogP contribution in [0.15, 0.2) is 21.5 Å². The summed E-state index contributed by atoms with van der Waals surface area (Å²) in [7, 11) is 1.72. The molecule has 0 radical (unpaired) electrons. The van der Waals surface area contributed by atoms with E-state index < -0.39 is 5.43 Å². The van der Waals surface area contributed by atoms with Crippen molar-refractivity contribution < 1.29 is 19.1 Å². The molecule has 0 unspecified atom stereocenters. The zero-order valence-corrected chi connectivity index (χ0v) is 10.1. The molecule has 1 aromatic heterocycles. The van der Waals surface area contributed by atoms with Gasteiger partial charge in [-0.1, -0.05) is 0 Å². The summed E-state index contributed by atoms with van der Waals surface area (Å²) in [6.45, 7) is -0.533. The minimum atomic E-state index is -0.410. The molecule has 1 heterocycles. The van der Waals surface area contributed by atoms with Gasteiger partial charge in [-0.25, -0.2) is 0 Å². The van der Waals surface area contributed by atoms with Crippen molar-refractivity contribution >= 4 is 5.91 Å². The molecule has 0 aliphatic heterocycles. The van der Waals surface area contributed by atoms with Crippen molar-refractivity contribution in [3.05, 3.63) is 28.3 Å². The molecule has 6 heteroatoms. The number of likely N-dealkylation sites (N-methyl/N-ethyl adjacent to an activating group) is 1. The third kappa shape index (κ3) is 2.89. The van der Waals surface area contributed by atoms with Crippen molar-refractivity contribution in [3.8, 4) is 5.75 Å². The largest absolute Gasteiger partial charge is 0.477 e. The standard InChI is InChI=1S/C12H15NO5/c1-13(8-2-3-8)12(16)7-18-11-6-17-9(5-14)4-10(11)15/h4,6,8,14H,2-3,5,7H2,1H3. The Hall–Kier alpha value is -1.82. The molecule has 98 valence electrons. The van der Waals surface area contributed by atoms with Crippen molar-refractivity contribution in [1.29, 1.82) is 0 Å². The molecule has 1 aromatic rings. The van der Waals surface area contributed by atoms with Gasteiger partial charge in [0.05, 0.1) is 0 Å². The molecule has 1 aliphatic rings. The number of aliphatic hydroxyl groups is 1. The molecule has 1 aliphatic carbocycles. The maximum atomic E-state index is 11.7. The topological polar surface area (TPSA) is 80.0 Å². The van der Waals surface area contributed by atoms with E-state index in [1.165, 1.54) is 0 Å². The smallest absolute Gasteiger partial charge is 0.260 e. The molecule has 1 fully saturated rings. The first-order chi connectivity index (χ1) is 8.61. The lowest BCUT2D eigenvalue weighted by molar-refractivity contribution is -0.132. The Morgan fingerprint density at radius 2 is 2.33 bits per heavy atom. The van der Waals surface area contributed by atoms with E-state index in [0.29, 0.717) is 6.04 Å². The lowest BCUT2D eigenvalue weighted by atomic mass is 10.4. The second kappa shape index (κ2) is 5.22. The molecule has 6 nitrogen and oxygen atoms in total. The van der Waals surface area contributed by atoms with Crippen LogP contribution in [0.2, 0.25) is 0 Å². The number of hydrogen-bond donors (Lipinski definition) is 1. The van der Waals surface area contributed by atoms with Gasteiger partial charge in [-0.05, 0) is 12.8 Å². The van der Waals surface area contributed by atoms with Gasteiger partial charge in [-0.15, -0.1) is 0 Å². The zero-order chi connectivity index (χ0) is 13.1. The van der Waals surface area contributed by atoms with Gasteiger partial charge in [0.25, 0.3) is 5.91 Å². The molecule has 0 aromatic carbocycles. The molecule has 1 saturated carbocycles. The molecule has 0 atom stereocenters. The Balaban J connectivity index is 1.93. The predicted molar refractivity (Wildman–Crippen MR) is 62.2 cm³/mol. The van der Waals surface area contributed by atoms with Gasteiger partial charge in [-0.3, -0.25) is 9.59 Å². The van der Waals surface area contributed by atoms with Crippen LogP contribution < -0.4 is 10.2 Å². The fourth-order valence-corrected chi connectivity index (χ4v) is 1.53. The van der Waals surface area contributed by atoms with Crippen LogP contribution in [-0.4, -0.2) is 35.6 Å². The van der Waals surface area contributed by atoms with Gasteiger partial charge in [0.15, 0.2) is 6.61 Å². The number of rotatable bonds is 5. The van der Waals surface area contributed by atoms with Gasteiger partial charge >= 0.3 is 0 Å². The second-order valence-corrected chi connectivity index (χ2v) is 4.26. The van der Waals surface area contributed by atoms with Crippen molar-refractivity contribution in [1.82, 2.24) is 4.90 Å². The van der Waals surface area contributed by atoms with Gasteiger partial charge < -0.3 is 19.2 Å². The summed E-state index contributed by atoms with van der Waals surface area (Å²) in [6, 6.07) is 1.46. The summed E-state index contributed by atoms with van der Waals surface area (Å²) in [4.78, 5) is 24.8. The molecular weight excluding hydrogens is 238 g/mol. The first-order valence-corrected chi connectivity index (χ1v) is 5.73. The third-order valence-electron chi connectivity index (χ3n) is 2.85. The summed E-state index contributed by atoms with van der Waals surface area (Å²) in [6.07, 6.45) is 3.16. The maximum Gasteiger partial charge on any atom is 0.260 e. The van der Waals surface area contributed by atoms with Crippen LogP contribution in [0.4, 0.5) is 0 Å². The Morgan fingerprint density at radius 3 is 2.89 bits per heavy atom. The van der Waals surface area contributed by atoms with Crippen LogP contribution in [0.3, 0.4) is 0 Å². The SMILES string of the molecule is CN(C(=O)COc1coc(CO)cc1=O)C1CC1. The molecule has 0 saturated heterocycles. The van der Waals surface area contributed by atoms with Gasteiger partial charge in [-0.2, -0.15) is 0 Å². The summed E-state index contributed by atoms with van der Waals surface area (Å²) < 4.78 is 10.1. The third-order valence-corrected chi connectivity index (χ3v) is 2.85.